The zero-order valence-corrected chi connectivity index (χ0v) is 24.8. The van der Waals surface area contributed by atoms with Crippen LogP contribution in [0.25, 0.3) is 0 Å². The highest BCUT2D eigenvalue weighted by Gasteiger charge is 2.93. The van der Waals surface area contributed by atoms with Crippen molar-refractivity contribution in [3.05, 3.63) is 0 Å². The van der Waals surface area contributed by atoms with Gasteiger partial charge in [-0.15, -0.1) is 33.2 Å². The minimum atomic E-state index is -8.33. The van der Waals surface area contributed by atoms with E-state index in [1.165, 1.54) is 0 Å². The maximum Gasteiger partial charge on any atom is 0.460 e. The van der Waals surface area contributed by atoms with Gasteiger partial charge in [-0.1, -0.05) is 0 Å². The average Bonchev–Trinajstić information content (AvgIpc) is 2.83. The zero-order chi connectivity index (χ0) is 34.2. The average molecular weight is 752 g/mol. The Labute approximate surface area is 249 Å². The Morgan fingerprint density at radius 3 is 1.42 bits per heavy atom. The van der Waals surface area contributed by atoms with E-state index in [9.17, 15) is 65.9 Å². The van der Waals surface area contributed by atoms with E-state index >= 15 is 0 Å². The highest BCUT2D eigenvalue weighted by molar-refractivity contribution is 7.64. The normalized spacial score (nSPS) is 15.7. The first-order valence-corrected chi connectivity index (χ1v) is 16.7. The van der Waals surface area contributed by atoms with Crippen LogP contribution in [-0.2, 0) is 23.7 Å². The number of alkyl halides is 15. The van der Waals surface area contributed by atoms with Crippen LogP contribution in [-0.4, -0.2) is 87.6 Å². The van der Waals surface area contributed by atoms with Crippen molar-refractivity contribution in [3.63, 3.8) is 0 Å². The molecule has 0 spiro atoms. The van der Waals surface area contributed by atoms with Crippen molar-refractivity contribution < 1.29 is 89.5 Å². The summed E-state index contributed by atoms with van der Waals surface area (Å²) in [5.74, 6) is -46.7. The van der Waals surface area contributed by atoms with Crippen molar-refractivity contribution in [1.82, 2.24) is 0 Å². The van der Waals surface area contributed by atoms with E-state index in [2.05, 4.69) is 0 Å². The van der Waals surface area contributed by atoms with Gasteiger partial charge < -0.3 is 23.7 Å². The Balaban J connectivity index is 5.52. The Hall–Kier alpha value is -0.163. The van der Waals surface area contributed by atoms with E-state index < -0.39 is 86.7 Å². The van der Waals surface area contributed by atoms with Crippen LogP contribution in [0.5, 0.6) is 0 Å². The fourth-order valence-electron chi connectivity index (χ4n) is 2.85. The molecule has 0 aliphatic heterocycles. The molecule has 0 aliphatic rings. The van der Waals surface area contributed by atoms with E-state index in [1.807, 2.05) is 0 Å². The molecule has 0 amide bonds. The standard InChI is InChI=1S/C19H24Cl3F15O5Si/c1-2-38-8-39-9-40-10-41-11-42-12(5-7-43(20,21)22)4-3-6-13(23,24)14(25,26)15(27,28)16(29,30)17(31,32)18(33,34)19(35,36)37/h12H,2-11H2,1H3. The van der Waals surface area contributed by atoms with Gasteiger partial charge in [-0.05, 0) is 32.2 Å². The Kier molecular flexibility index (Phi) is 16.0. The van der Waals surface area contributed by atoms with Crippen LogP contribution in [0.4, 0.5) is 65.9 Å². The second kappa shape index (κ2) is 16.1. The Morgan fingerprint density at radius 2 is 0.977 bits per heavy atom. The first kappa shape index (κ1) is 42.8. The molecule has 0 saturated carbocycles. The fraction of sp³-hybridized carbons (Fsp3) is 1.00. The topological polar surface area (TPSA) is 46.2 Å². The lowest BCUT2D eigenvalue weighted by molar-refractivity contribution is -0.452. The highest BCUT2D eigenvalue weighted by Crippen LogP contribution is 2.62. The second-order valence-electron chi connectivity index (χ2n) is 8.49. The quantitative estimate of drug-likeness (QED) is 0.0364. The van der Waals surface area contributed by atoms with E-state index in [4.69, 9.17) is 56.9 Å². The van der Waals surface area contributed by atoms with Crippen LogP contribution in [0, 0.1) is 0 Å². The molecule has 0 heterocycles. The molecule has 0 aromatic rings. The molecule has 0 saturated heterocycles. The van der Waals surface area contributed by atoms with Crippen LogP contribution in [0.15, 0.2) is 0 Å². The molecule has 0 aromatic heterocycles. The summed E-state index contributed by atoms with van der Waals surface area (Å²) in [5.41, 5.74) is 0. The number of ether oxygens (including phenoxy) is 5. The summed E-state index contributed by atoms with van der Waals surface area (Å²) in [5, 5.41) is 0. The van der Waals surface area contributed by atoms with Crippen molar-refractivity contribution >= 4 is 39.2 Å². The number of halogens is 18. The maximum absolute atomic E-state index is 14.1. The molecular formula is C19H24Cl3F15O5Si. The Bertz CT molecular complexity index is 832. The summed E-state index contributed by atoms with van der Waals surface area (Å²) in [6.45, 7) is 0.430. The van der Waals surface area contributed by atoms with Crippen molar-refractivity contribution in [3.8, 4) is 0 Å². The molecule has 260 valence electrons. The predicted octanol–water partition coefficient (Wildman–Crippen LogP) is 8.88. The third-order valence-electron chi connectivity index (χ3n) is 5.25. The molecule has 0 aromatic carbocycles. The van der Waals surface area contributed by atoms with Gasteiger partial charge in [0, 0.05) is 13.0 Å². The van der Waals surface area contributed by atoms with Crippen LogP contribution in [0.2, 0.25) is 6.04 Å². The van der Waals surface area contributed by atoms with Gasteiger partial charge >= 0.3 is 47.7 Å². The SMILES string of the molecule is CCOCOCOCOCOC(CCCC(F)(F)C(F)(F)C(F)(F)C(F)(F)C(F)(F)C(F)(F)C(F)(F)F)CC[Si](Cl)(Cl)Cl. The molecule has 0 radical (unpaired) electrons. The summed E-state index contributed by atoms with van der Waals surface area (Å²) >= 11 is 17.0. The lowest BCUT2D eigenvalue weighted by Crippen LogP contribution is -2.72. The second-order valence-corrected chi connectivity index (χ2v) is 17.8. The molecule has 1 unspecified atom stereocenters. The van der Waals surface area contributed by atoms with E-state index in [0.29, 0.717) is 6.61 Å². The Morgan fingerprint density at radius 1 is 0.558 bits per heavy atom. The summed E-state index contributed by atoms with van der Waals surface area (Å²) in [4.78, 5) is 0. The van der Waals surface area contributed by atoms with Gasteiger partial charge in [-0.25, -0.2) is 0 Å². The minimum Gasteiger partial charge on any atom is -0.356 e. The third kappa shape index (κ3) is 11.0. The predicted molar refractivity (Wildman–Crippen MR) is 122 cm³/mol. The molecule has 0 rings (SSSR count). The maximum atomic E-state index is 14.1. The molecular weight excluding hydrogens is 728 g/mol. The molecule has 43 heavy (non-hydrogen) atoms. The molecule has 0 N–H and O–H groups in total. The van der Waals surface area contributed by atoms with Crippen molar-refractivity contribution in [2.24, 2.45) is 0 Å². The van der Waals surface area contributed by atoms with E-state index in [-0.39, 0.29) is 26.1 Å². The molecule has 5 nitrogen and oxygen atoms in total. The minimum absolute atomic E-state index is 0.119. The molecule has 0 aliphatic carbocycles. The van der Waals surface area contributed by atoms with Crippen LogP contribution >= 0.6 is 33.2 Å². The van der Waals surface area contributed by atoms with Crippen molar-refractivity contribution in [2.45, 2.75) is 86.5 Å². The van der Waals surface area contributed by atoms with Gasteiger partial charge in [0.2, 0.25) is 0 Å². The monoisotopic (exact) mass is 750 g/mol. The highest BCUT2D eigenvalue weighted by atomic mass is 35.8. The first-order chi connectivity index (χ1) is 19.1. The van der Waals surface area contributed by atoms with Gasteiger partial charge in [0.15, 0.2) is 13.6 Å². The van der Waals surface area contributed by atoms with E-state index in [1.54, 1.807) is 6.92 Å². The van der Waals surface area contributed by atoms with Gasteiger partial charge in [0.05, 0.1) is 6.10 Å². The summed E-state index contributed by atoms with van der Waals surface area (Å²) in [6.07, 6.45) is -13.8. The zero-order valence-electron chi connectivity index (χ0n) is 21.5. The summed E-state index contributed by atoms with van der Waals surface area (Å²) in [6, 6.07) is -3.66. The van der Waals surface area contributed by atoms with Gasteiger partial charge in [0.25, 0.3) is 0 Å². The molecule has 1 atom stereocenters. The van der Waals surface area contributed by atoms with Crippen LogP contribution < -0.4 is 0 Å². The number of rotatable bonds is 22. The third-order valence-corrected chi connectivity index (χ3v) is 7.81. The van der Waals surface area contributed by atoms with Gasteiger partial charge in [-0.3, -0.25) is 0 Å². The fourth-order valence-corrected chi connectivity index (χ4v) is 4.48. The van der Waals surface area contributed by atoms with Crippen molar-refractivity contribution in [1.29, 1.82) is 0 Å². The molecule has 0 fully saturated rings. The van der Waals surface area contributed by atoms with Crippen molar-refractivity contribution in [2.75, 3.05) is 33.8 Å². The smallest absolute Gasteiger partial charge is 0.356 e. The molecule has 0 bridgehead atoms. The lowest BCUT2D eigenvalue weighted by Gasteiger charge is -2.41. The van der Waals surface area contributed by atoms with Crippen LogP contribution in [0.3, 0.4) is 0 Å². The van der Waals surface area contributed by atoms with Crippen LogP contribution in [0.1, 0.15) is 32.6 Å². The summed E-state index contributed by atoms with van der Waals surface area (Å²) in [7, 11) is 0. The van der Waals surface area contributed by atoms with Gasteiger partial charge in [0.1, 0.15) is 13.6 Å². The van der Waals surface area contributed by atoms with Gasteiger partial charge in [-0.2, -0.15) is 65.9 Å². The lowest BCUT2D eigenvalue weighted by atomic mass is 9.89. The van der Waals surface area contributed by atoms with E-state index in [0.717, 1.165) is 0 Å². The summed E-state index contributed by atoms with van der Waals surface area (Å²) < 4.78 is 224. The number of hydrogen-bond donors (Lipinski definition) is 0. The largest absolute Gasteiger partial charge is 0.460 e. The number of hydrogen-bond acceptors (Lipinski definition) is 5. The first-order valence-electron chi connectivity index (χ1n) is 11.5. The molecule has 24 heteroatoms.